The molecule has 0 saturated carbocycles. The Morgan fingerprint density at radius 1 is 1.00 bits per heavy atom. The average molecular weight is 423 g/mol. The average Bonchev–Trinajstić information content (AvgIpc) is 2.76. The molecule has 1 heterocycles. The van der Waals surface area contributed by atoms with Crippen LogP contribution in [-0.4, -0.2) is 42.2 Å². The maximum absolute atomic E-state index is 13.1. The number of nitrogens with zero attached hydrogens (tertiary/aromatic N) is 1. The van der Waals surface area contributed by atoms with Gasteiger partial charge in [0.05, 0.1) is 11.3 Å². The Kier molecular flexibility index (Phi) is 7.45. The van der Waals surface area contributed by atoms with Gasteiger partial charge in [-0.1, -0.05) is 32.9 Å². The summed E-state index contributed by atoms with van der Waals surface area (Å²) in [5.41, 5.74) is 1.59. The van der Waals surface area contributed by atoms with Crippen molar-refractivity contribution in [3.8, 4) is 5.75 Å². The Labute approximate surface area is 183 Å². The topological polar surface area (TPSA) is 75.7 Å². The van der Waals surface area contributed by atoms with Crippen molar-refractivity contribution in [2.45, 2.75) is 33.6 Å². The van der Waals surface area contributed by atoms with Crippen LogP contribution in [-0.2, 0) is 4.79 Å². The van der Waals surface area contributed by atoms with Gasteiger partial charge in [-0.2, -0.15) is 0 Å². The number of hydrogen-bond acceptors (Lipinski definition) is 4. The maximum Gasteiger partial charge on any atom is 0.262 e. The fourth-order valence-corrected chi connectivity index (χ4v) is 4.05. The number of nitrogens with one attached hydrogen (secondary N) is 1. The van der Waals surface area contributed by atoms with Crippen molar-refractivity contribution in [1.82, 2.24) is 4.90 Å². The third kappa shape index (κ3) is 5.94. The molecule has 3 rings (SSSR count). The van der Waals surface area contributed by atoms with Gasteiger partial charge in [-0.15, -0.1) is 0 Å². The fraction of sp³-hybridized carbons (Fsp3) is 0.400. The van der Waals surface area contributed by atoms with E-state index in [0.29, 0.717) is 40.8 Å². The lowest BCUT2D eigenvalue weighted by Crippen LogP contribution is -2.42. The first-order chi connectivity index (χ1) is 14.9. The zero-order valence-corrected chi connectivity index (χ0v) is 18.4. The third-order valence-electron chi connectivity index (χ3n) is 5.45. The summed E-state index contributed by atoms with van der Waals surface area (Å²) in [5.74, 6) is 1.07. The number of rotatable bonds is 7. The number of benzene rings is 2. The number of ether oxygens (including phenoxy) is 1. The van der Waals surface area contributed by atoms with E-state index in [4.69, 9.17) is 4.74 Å². The smallest absolute Gasteiger partial charge is 0.262 e. The Morgan fingerprint density at radius 3 is 2.29 bits per heavy atom. The molecule has 0 spiro atoms. The molecule has 1 saturated heterocycles. The lowest BCUT2D eigenvalue weighted by atomic mass is 9.91. The maximum atomic E-state index is 13.1. The highest BCUT2D eigenvalue weighted by atomic mass is 16.5. The summed E-state index contributed by atoms with van der Waals surface area (Å²) < 4.78 is 5.53. The Morgan fingerprint density at radius 2 is 1.65 bits per heavy atom. The van der Waals surface area contributed by atoms with E-state index in [-0.39, 0.29) is 24.2 Å². The molecule has 0 aromatic heterocycles. The minimum Gasteiger partial charge on any atom is -0.484 e. The second-order valence-corrected chi connectivity index (χ2v) is 8.34. The molecule has 2 aromatic rings. The monoisotopic (exact) mass is 422 g/mol. The van der Waals surface area contributed by atoms with Crippen LogP contribution in [0.15, 0.2) is 48.5 Å². The minimum absolute atomic E-state index is 0.0584. The van der Waals surface area contributed by atoms with Gasteiger partial charge in [0.25, 0.3) is 11.8 Å². The number of likely N-dealkylation sites (tertiary alicyclic amines) is 1. The number of para-hydroxylation sites is 1. The van der Waals surface area contributed by atoms with Gasteiger partial charge in [-0.25, -0.2) is 0 Å². The number of piperidine rings is 1. The van der Waals surface area contributed by atoms with E-state index < -0.39 is 0 Å². The summed E-state index contributed by atoms with van der Waals surface area (Å²) >= 11 is 0. The number of hydrogen-bond donors (Lipinski definition) is 1. The van der Waals surface area contributed by atoms with Crippen LogP contribution in [0, 0.1) is 11.8 Å². The largest absolute Gasteiger partial charge is 0.484 e. The minimum atomic E-state index is -0.352. The molecule has 6 heteroatoms. The van der Waals surface area contributed by atoms with Crippen LogP contribution >= 0.6 is 0 Å². The van der Waals surface area contributed by atoms with Crippen LogP contribution in [0.4, 0.5) is 5.69 Å². The van der Waals surface area contributed by atoms with E-state index >= 15 is 0 Å². The van der Waals surface area contributed by atoms with E-state index in [0.717, 1.165) is 19.5 Å². The molecular formula is C25H30N2O4. The molecule has 1 fully saturated rings. The molecule has 0 radical (unpaired) electrons. The van der Waals surface area contributed by atoms with Crippen LogP contribution in [0.1, 0.15) is 54.3 Å². The van der Waals surface area contributed by atoms with Crippen LogP contribution in [0.2, 0.25) is 0 Å². The Bertz CT molecular complexity index is 929. The predicted octanol–water partition coefficient (Wildman–Crippen LogP) is 4.41. The molecule has 2 unspecified atom stereocenters. The number of Topliss-reactive ketones (excluding diaryl/α,β-unsaturated/α-hetero) is 1. The summed E-state index contributed by atoms with van der Waals surface area (Å²) in [7, 11) is 0. The van der Waals surface area contributed by atoms with E-state index in [2.05, 4.69) is 19.2 Å². The van der Waals surface area contributed by atoms with Crippen molar-refractivity contribution in [2.75, 3.05) is 25.0 Å². The van der Waals surface area contributed by atoms with Crippen molar-refractivity contribution in [2.24, 2.45) is 11.8 Å². The quantitative estimate of drug-likeness (QED) is 0.671. The van der Waals surface area contributed by atoms with Crippen molar-refractivity contribution >= 4 is 23.3 Å². The van der Waals surface area contributed by atoms with E-state index in [9.17, 15) is 14.4 Å². The molecule has 2 amide bonds. The molecule has 2 atom stereocenters. The van der Waals surface area contributed by atoms with Crippen LogP contribution in [0.5, 0.6) is 5.75 Å². The Hall–Kier alpha value is -3.15. The SMILES string of the molecule is CCC(=O)c1ccc(OCC(=O)Nc2ccccc2C(=O)N2CC(C)CC(C)C2)cc1. The van der Waals surface area contributed by atoms with Gasteiger partial charge in [-0.3, -0.25) is 14.4 Å². The summed E-state index contributed by atoms with van der Waals surface area (Å²) in [6.07, 6.45) is 1.56. The van der Waals surface area contributed by atoms with Gasteiger partial charge in [0.1, 0.15) is 5.75 Å². The van der Waals surface area contributed by atoms with Gasteiger partial charge >= 0.3 is 0 Å². The third-order valence-corrected chi connectivity index (χ3v) is 5.45. The summed E-state index contributed by atoms with van der Waals surface area (Å²) in [5, 5.41) is 2.80. The zero-order valence-electron chi connectivity index (χ0n) is 18.4. The normalized spacial score (nSPS) is 18.4. The first-order valence-electron chi connectivity index (χ1n) is 10.8. The lowest BCUT2D eigenvalue weighted by molar-refractivity contribution is -0.118. The van der Waals surface area contributed by atoms with E-state index in [1.165, 1.54) is 0 Å². The number of ketones is 1. The highest BCUT2D eigenvalue weighted by Gasteiger charge is 2.27. The van der Waals surface area contributed by atoms with Crippen LogP contribution in [0.25, 0.3) is 0 Å². The molecule has 31 heavy (non-hydrogen) atoms. The second kappa shape index (κ2) is 10.2. The predicted molar refractivity (Wildman–Crippen MR) is 120 cm³/mol. The van der Waals surface area contributed by atoms with Crippen molar-refractivity contribution < 1.29 is 19.1 Å². The van der Waals surface area contributed by atoms with Gasteiger partial charge in [-0.05, 0) is 54.7 Å². The molecule has 2 aromatic carbocycles. The molecule has 1 N–H and O–H groups in total. The van der Waals surface area contributed by atoms with Crippen LogP contribution < -0.4 is 10.1 Å². The van der Waals surface area contributed by atoms with E-state index in [1.807, 2.05) is 11.8 Å². The number of anilines is 1. The molecular weight excluding hydrogens is 392 g/mol. The molecule has 0 aliphatic carbocycles. The van der Waals surface area contributed by atoms with Crippen molar-refractivity contribution in [1.29, 1.82) is 0 Å². The number of amides is 2. The lowest BCUT2D eigenvalue weighted by Gasteiger charge is -2.35. The standard InChI is InChI=1S/C25H30N2O4/c1-4-23(28)19-9-11-20(12-10-19)31-16-24(29)26-22-8-6-5-7-21(22)25(30)27-14-17(2)13-18(3)15-27/h5-12,17-18H,4,13-16H2,1-3H3,(H,26,29). The summed E-state index contributed by atoms with van der Waals surface area (Å²) in [4.78, 5) is 39.1. The number of carbonyl (C=O) groups excluding carboxylic acids is 3. The van der Waals surface area contributed by atoms with Crippen molar-refractivity contribution in [3.63, 3.8) is 0 Å². The molecule has 6 nitrogen and oxygen atoms in total. The van der Waals surface area contributed by atoms with Gasteiger partial charge < -0.3 is 15.0 Å². The molecule has 0 bridgehead atoms. The summed E-state index contributed by atoms with van der Waals surface area (Å²) in [6, 6.07) is 13.8. The number of carbonyl (C=O) groups is 3. The van der Waals surface area contributed by atoms with Crippen LogP contribution in [0.3, 0.4) is 0 Å². The molecule has 1 aliphatic rings. The highest BCUT2D eigenvalue weighted by Crippen LogP contribution is 2.25. The van der Waals surface area contributed by atoms with Crippen molar-refractivity contribution in [3.05, 3.63) is 59.7 Å². The zero-order chi connectivity index (χ0) is 22.4. The fourth-order valence-electron chi connectivity index (χ4n) is 4.05. The second-order valence-electron chi connectivity index (χ2n) is 8.34. The summed E-state index contributed by atoms with van der Waals surface area (Å²) in [6.45, 7) is 7.39. The molecule has 1 aliphatic heterocycles. The van der Waals surface area contributed by atoms with E-state index in [1.54, 1.807) is 48.5 Å². The van der Waals surface area contributed by atoms with Gasteiger partial charge in [0.15, 0.2) is 12.4 Å². The Balaban J connectivity index is 1.62. The first kappa shape index (κ1) is 22.5. The highest BCUT2D eigenvalue weighted by molar-refractivity contribution is 6.04. The van der Waals surface area contributed by atoms with Gasteiger partial charge in [0.2, 0.25) is 0 Å². The van der Waals surface area contributed by atoms with Gasteiger partial charge in [0, 0.05) is 25.1 Å². The first-order valence-corrected chi connectivity index (χ1v) is 10.8. The molecule has 164 valence electrons.